The first-order valence-electron chi connectivity index (χ1n) is 7.88. The molecule has 0 spiro atoms. The van der Waals surface area contributed by atoms with E-state index in [1.165, 1.54) is 5.56 Å². The van der Waals surface area contributed by atoms with Crippen LogP contribution in [0.5, 0.6) is 5.75 Å². The molecule has 0 fully saturated rings. The molecule has 3 rings (SSSR count). The number of aliphatic hydroxyl groups excluding tert-OH is 1. The summed E-state index contributed by atoms with van der Waals surface area (Å²) in [6.07, 6.45) is 1.57. The fourth-order valence-electron chi connectivity index (χ4n) is 2.94. The molecule has 0 amide bonds. The van der Waals surface area contributed by atoms with Crippen LogP contribution in [0, 0.1) is 0 Å². The molecular formula is C19H22O3. The molecule has 2 unspecified atom stereocenters. The van der Waals surface area contributed by atoms with Gasteiger partial charge in [0.25, 0.3) is 0 Å². The van der Waals surface area contributed by atoms with Gasteiger partial charge in [0, 0.05) is 17.9 Å². The molecule has 116 valence electrons. The second-order valence-electron chi connectivity index (χ2n) is 5.65. The minimum absolute atomic E-state index is 0.0462. The number of hydrogen-bond acceptors (Lipinski definition) is 3. The van der Waals surface area contributed by atoms with Gasteiger partial charge in [0.15, 0.2) is 0 Å². The molecule has 0 aromatic heterocycles. The molecule has 2 atom stereocenters. The molecule has 22 heavy (non-hydrogen) atoms. The van der Waals surface area contributed by atoms with Gasteiger partial charge >= 0.3 is 0 Å². The third kappa shape index (κ3) is 3.16. The van der Waals surface area contributed by atoms with Gasteiger partial charge in [0.2, 0.25) is 6.29 Å². The molecule has 2 aromatic rings. The van der Waals surface area contributed by atoms with Gasteiger partial charge in [-0.15, -0.1) is 0 Å². The van der Waals surface area contributed by atoms with Crippen molar-refractivity contribution >= 4 is 0 Å². The van der Waals surface area contributed by atoms with E-state index in [1.807, 2.05) is 24.3 Å². The van der Waals surface area contributed by atoms with Crippen LogP contribution in [0.1, 0.15) is 42.4 Å². The fourth-order valence-corrected chi connectivity index (χ4v) is 2.94. The zero-order valence-corrected chi connectivity index (χ0v) is 12.9. The van der Waals surface area contributed by atoms with Crippen LogP contribution in [0.2, 0.25) is 0 Å². The van der Waals surface area contributed by atoms with Crippen molar-refractivity contribution in [3.05, 3.63) is 65.2 Å². The van der Waals surface area contributed by atoms with Crippen molar-refractivity contribution in [3.8, 4) is 5.75 Å². The van der Waals surface area contributed by atoms with E-state index in [1.54, 1.807) is 0 Å². The first kappa shape index (κ1) is 15.1. The fraction of sp³-hybridized carbons (Fsp3) is 0.368. The molecule has 0 radical (unpaired) electrons. The van der Waals surface area contributed by atoms with Gasteiger partial charge in [-0.3, -0.25) is 0 Å². The molecule has 1 heterocycles. The molecule has 0 aliphatic carbocycles. The van der Waals surface area contributed by atoms with Crippen LogP contribution in [0.4, 0.5) is 0 Å². The zero-order valence-electron chi connectivity index (χ0n) is 12.9. The minimum atomic E-state index is -0.211. The Hall–Kier alpha value is -1.84. The molecule has 1 aliphatic heterocycles. The third-order valence-electron chi connectivity index (χ3n) is 4.03. The quantitative estimate of drug-likeness (QED) is 0.911. The standard InChI is InChI=1S/C19H22O3/c1-2-10-21-19-12-16(15-6-4-3-5-7-15)17-11-14(13-20)8-9-18(17)22-19/h3-9,11,16,19-20H,2,10,12-13H2,1H3. The van der Waals surface area contributed by atoms with Crippen molar-refractivity contribution in [1.82, 2.24) is 0 Å². The normalized spacial score (nSPS) is 20.3. The number of hydrogen-bond donors (Lipinski definition) is 1. The van der Waals surface area contributed by atoms with E-state index in [0.29, 0.717) is 6.61 Å². The molecule has 2 aromatic carbocycles. The maximum Gasteiger partial charge on any atom is 0.200 e. The lowest BCUT2D eigenvalue weighted by Gasteiger charge is -2.32. The number of ether oxygens (including phenoxy) is 2. The van der Waals surface area contributed by atoms with Gasteiger partial charge in [-0.2, -0.15) is 0 Å². The number of aliphatic hydroxyl groups is 1. The van der Waals surface area contributed by atoms with E-state index in [2.05, 4.69) is 31.2 Å². The highest BCUT2D eigenvalue weighted by Crippen LogP contribution is 2.41. The van der Waals surface area contributed by atoms with Gasteiger partial charge in [-0.1, -0.05) is 43.3 Å². The minimum Gasteiger partial charge on any atom is -0.465 e. The Morgan fingerprint density at radius 1 is 1.18 bits per heavy atom. The van der Waals surface area contributed by atoms with Gasteiger partial charge in [-0.25, -0.2) is 0 Å². The van der Waals surface area contributed by atoms with E-state index < -0.39 is 0 Å². The second kappa shape index (κ2) is 6.95. The van der Waals surface area contributed by atoms with Crippen molar-refractivity contribution in [3.63, 3.8) is 0 Å². The lowest BCUT2D eigenvalue weighted by molar-refractivity contribution is -0.0936. The van der Waals surface area contributed by atoms with Crippen LogP contribution in [0.3, 0.4) is 0 Å². The summed E-state index contributed by atoms with van der Waals surface area (Å²) >= 11 is 0. The molecule has 1 N–H and O–H groups in total. The highest BCUT2D eigenvalue weighted by atomic mass is 16.7. The maximum atomic E-state index is 9.40. The lowest BCUT2D eigenvalue weighted by atomic mass is 9.85. The van der Waals surface area contributed by atoms with Gasteiger partial charge < -0.3 is 14.6 Å². The van der Waals surface area contributed by atoms with Crippen LogP contribution >= 0.6 is 0 Å². The van der Waals surface area contributed by atoms with Crippen LogP contribution < -0.4 is 4.74 Å². The number of fused-ring (bicyclic) bond motifs is 1. The van der Waals surface area contributed by atoms with Crippen molar-refractivity contribution in [2.75, 3.05) is 6.61 Å². The summed E-state index contributed by atoms with van der Waals surface area (Å²) in [6.45, 7) is 2.85. The van der Waals surface area contributed by atoms with E-state index in [-0.39, 0.29) is 18.8 Å². The van der Waals surface area contributed by atoms with Crippen molar-refractivity contribution in [2.24, 2.45) is 0 Å². The van der Waals surface area contributed by atoms with Gasteiger partial charge in [-0.05, 0) is 29.7 Å². The Bertz CT molecular complexity index is 609. The zero-order chi connectivity index (χ0) is 15.4. The van der Waals surface area contributed by atoms with Gasteiger partial charge in [0.05, 0.1) is 13.2 Å². The Labute approximate surface area is 131 Å². The molecule has 1 aliphatic rings. The SMILES string of the molecule is CCCOC1CC(c2ccccc2)c2cc(CO)ccc2O1. The molecular weight excluding hydrogens is 276 g/mol. The maximum absolute atomic E-state index is 9.40. The summed E-state index contributed by atoms with van der Waals surface area (Å²) in [5, 5.41) is 9.40. The first-order chi connectivity index (χ1) is 10.8. The summed E-state index contributed by atoms with van der Waals surface area (Å²) in [5.74, 6) is 1.09. The Balaban J connectivity index is 1.96. The predicted octanol–water partition coefficient (Wildman–Crippen LogP) is 3.85. The Kier molecular flexibility index (Phi) is 4.76. The average molecular weight is 298 g/mol. The molecule has 3 heteroatoms. The Morgan fingerprint density at radius 2 is 2.00 bits per heavy atom. The summed E-state index contributed by atoms with van der Waals surface area (Å²) < 4.78 is 11.8. The van der Waals surface area contributed by atoms with E-state index >= 15 is 0 Å². The van der Waals surface area contributed by atoms with Crippen LogP contribution in [-0.2, 0) is 11.3 Å². The largest absolute Gasteiger partial charge is 0.465 e. The van der Waals surface area contributed by atoms with Crippen LogP contribution in [-0.4, -0.2) is 18.0 Å². The summed E-state index contributed by atoms with van der Waals surface area (Å²) in [7, 11) is 0. The smallest absolute Gasteiger partial charge is 0.200 e. The third-order valence-corrected chi connectivity index (χ3v) is 4.03. The Morgan fingerprint density at radius 3 is 2.73 bits per heavy atom. The second-order valence-corrected chi connectivity index (χ2v) is 5.65. The van der Waals surface area contributed by atoms with Crippen molar-refractivity contribution in [2.45, 2.75) is 38.6 Å². The average Bonchev–Trinajstić information content (AvgIpc) is 2.59. The number of benzene rings is 2. The molecule has 0 bridgehead atoms. The number of rotatable bonds is 5. The first-order valence-corrected chi connectivity index (χ1v) is 7.88. The lowest BCUT2D eigenvalue weighted by Crippen LogP contribution is -2.29. The van der Waals surface area contributed by atoms with E-state index in [9.17, 15) is 5.11 Å². The van der Waals surface area contributed by atoms with E-state index in [4.69, 9.17) is 9.47 Å². The summed E-state index contributed by atoms with van der Waals surface area (Å²) in [6, 6.07) is 16.3. The van der Waals surface area contributed by atoms with E-state index in [0.717, 1.165) is 29.7 Å². The highest BCUT2D eigenvalue weighted by molar-refractivity contribution is 5.45. The molecule has 3 nitrogen and oxygen atoms in total. The summed E-state index contributed by atoms with van der Waals surface area (Å²) in [4.78, 5) is 0. The summed E-state index contributed by atoms with van der Waals surface area (Å²) in [5.41, 5.74) is 3.30. The predicted molar refractivity (Wildman–Crippen MR) is 85.9 cm³/mol. The van der Waals surface area contributed by atoms with Crippen molar-refractivity contribution in [1.29, 1.82) is 0 Å². The van der Waals surface area contributed by atoms with Crippen molar-refractivity contribution < 1.29 is 14.6 Å². The molecule has 0 saturated heterocycles. The van der Waals surface area contributed by atoms with Crippen LogP contribution in [0.15, 0.2) is 48.5 Å². The monoisotopic (exact) mass is 298 g/mol. The van der Waals surface area contributed by atoms with Crippen LogP contribution in [0.25, 0.3) is 0 Å². The van der Waals surface area contributed by atoms with Gasteiger partial charge in [0.1, 0.15) is 5.75 Å². The topological polar surface area (TPSA) is 38.7 Å². The molecule has 0 saturated carbocycles. The highest BCUT2D eigenvalue weighted by Gasteiger charge is 2.30.